The van der Waals surface area contributed by atoms with Crippen molar-refractivity contribution in [3.63, 3.8) is 0 Å². The van der Waals surface area contributed by atoms with E-state index in [1.54, 1.807) is 0 Å². The normalized spacial score (nSPS) is 23.1. The van der Waals surface area contributed by atoms with Gasteiger partial charge in [0.2, 0.25) is 0 Å². The molecular weight excluding hydrogens is 122 g/mol. The maximum absolute atomic E-state index is 3.39. The number of nitrogens with one attached hydrogen (secondary N) is 1. The van der Waals surface area contributed by atoms with Crippen molar-refractivity contribution in [2.24, 2.45) is 11.3 Å². The Hall–Kier alpha value is -0.0400. The predicted molar refractivity (Wildman–Crippen MR) is 45.0 cm³/mol. The highest BCUT2D eigenvalue weighted by Crippen LogP contribution is 2.32. The Bertz CT molecular complexity index is 95.8. The molecule has 1 saturated heterocycles. The molecule has 1 aliphatic rings. The molecular formula is C9H19N. The lowest BCUT2D eigenvalue weighted by molar-refractivity contribution is 0.188. The van der Waals surface area contributed by atoms with Gasteiger partial charge in [0.15, 0.2) is 0 Å². The van der Waals surface area contributed by atoms with E-state index in [4.69, 9.17) is 0 Å². The first kappa shape index (κ1) is 8.06. The quantitative estimate of drug-likeness (QED) is 0.544. The lowest BCUT2D eigenvalue weighted by atomic mass is 9.76. The van der Waals surface area contributed by atoms with Gasteiger partial charge in [-0.25, -0.2) is 0 Å². The zero-order chi connectivity index (χ0) is 7.61. The van der Waals surface area contributed by atoms with Crippen molar-refractivity contribution in [2.75, 3.05) is 13.1 Å². The molecule has 1 heteroatoms. The molecule has 0 aromatic rings. The minimum absolute atomic E-state index is 0.530. The van der Waals surface area contributed by atoms with E-state index in [-0.39, 0.29) is 0 Å². The third kappa shape index (κ3) is 1.98. The van der Waals surface area contributed by atoms with E-state index in [9.17, 15) is 0 Å². The summed E-state index contributed by atoms with van der Waals surface area (Å²) in [5.74, 6) is 0.939. The van der Waals surface area contributed by atoms with E-state index < -0.39 is 0 Å². The monoisotopic (exact) mass is 141 g/mol. The van der Waals surface area contributed by atoms with Gasteiger partial charge >= 0.3 is 0 Å². The molecule has 0 spiro atoms. The fourth-order valence-corrected chi connectivity index (χ4v) is 1.69. The molecule has 0 radical (unpaired) electrons. The van der Waals surface area contributed by atoms with Gasteiger partial charge in [0.25, 0.3) is 0 Å². The molecule has 0 aliphatic carbocycles. The highest BCUT2D eigenvalue weighted by atomic mass is 14.9. The van der Waals surface area contributed by atoms with Crippen molar-refractivity contribution in [2.45, 2.75) is 33.6 Å². The van der Waals surface area contributed by atoms with Crippen LogP contribution in [0.4, 0.5) is 0 Å². The summed E-state index contributed by atoms with van der Waals surface area (Å²) < 4.78 is 0. The fraction of sp³-hybridized carbons (Fsp3) is 1.00. The van der Waals surface area contributed by atoms with Gasteiger partial charge in [0.1, 0.15) is 0 Å². The van der Waals surface area contributed by atoms with Crippen molar-refractivity contribution in [3.8, 4) is 0 Å². The van der Waals surface area contributed by atoms with Gasteiger partial charge in [-0.2, -0.15) is 0 Å². The van der Waals surface area contributed by atoms with Crippen LogP contribution in [0.3, 0.4) is 0 Å². The highest BCUT2D eigenvalue weighted by molar-refractivity contribution is 4.78. The standard InChI is InChI=1S/C9H19N/c1-9(2,3)8-4-6-10-7-5-8/h8,10H,4-7H2,1-3H3. The van der Waals surface area contributed by atoms with Gasteiger partial charge in [-0.3, -0.25) is 0 Å². The van der Waals surface area contributed by atoms with Gasteiger partial charge in [0, 0.05) is 0 Å². The Morgan fingerprint density at radius 3 is 1.90 bits per heavy atom. The van der Waals surface area contributed by atoms with Crippen molar-refractivity contribution < 1.29 is 0 Å². The van der Waals surface area contributed by atoms with Crippen LogP contribution < -0.4 is 5.32 Å². The first-order valence-corrected chi connectivity index (χ1v) is 4.31. The molecule has 10 heavy (non-hydrogen) atoms. The molecule has 0 unspecified atom stereocenters. The zero-order valence-electron chi connectivity index (χ0n) is 7.41. The molecule has 60 valence electrons. The summed E-state index contributed by atoms with van der Waals surface area (Å²) in [5, 5.41) is 3.39. The van der Waals surface area contributed by atoms with Gasteiger partial charge in [0.05, 0.1) is 0 Å². The Kier molecular flexibility index (Phi) is 2.35. The van der Waals surface area contributed by atoms with Crippen LogP contribution in [0.5, 0.6) is 0 Å². The third-order valence-electron chi connectivity index (χ3n) is 2.56. The maximum atomic E-state index is 3.39. The molecule has 0 saturated carbocycles. The van der Waals surface area contributed by atoms with Gasteiger partial charge in [-0.05, 0) is 37.3 Å². The summed E-state index contributed by atoms with van der Waals surface area (Å²) >= 11 is 0. The summed E-state index contributed by atoms with van der Waals surface area (Å²) in [5.41, 5.74) is 0.530. The fourth-order valence-electron chi connectivity index (χ4n) is 1.69. The molecule has 0 aromatic carbocycles. The molecule has 1 nitrogen and oxygen atoms in total. The molecule has 0 bridgehead atoms. The van der Waals surface area contributed by atoms with E-state index in [1.165, 1.54) is 25.9 Å². The second kappa shape index (κ2) is 2.91. The summed E-state index contributed by atoms with van der Waals surface area (Å²) in [6.45, 7) is 9.50. The van der Waals surface area contributed by atoms with Crippen molar-refractivity contribution >= 4 is 0 Å². The lowest BCUT2D eigenvalue weighted by Crippen LogP contribution is -2.34. The summed E-state index contributed by atoms with van der Waals surface area (Å²) in [6.07, 6.45) is 2.73. The zero-order valence-corrected chi connectivity index (χ0v) is 7.41. The summed E-state index contributed by atoms with van der Waals surface area (Å²) in [6, 6.07) is 0. The Balaban J connectivity index is 2.39. The second-order valence-corrected chi connectivity index (χ2v) is 4.39. The Labute approximate surface area is 64.2 Å². The highest BCUT2D eigenvalue weighted by Gasteiger charge is 2.25. The van der Waals surface area contributed by atoms with Crippen LogP contribution in [0.25, 0.3) is 0 Å². The molecule has 0 aromatic heterocycles. The number of hydrogen-bond acceptors (Lipinski definition) is 1. The van der Waals surface area contributed by atoms with Crippen LogP contribution >= 0.6 is 0 Å². The van der Waals surface area contributed by atoms with E-state index in [0.717, 1.165) is 5.92 Å². The predicted octanol–water partition coefficient (Wildman–Crippen LogP) is 2.03. The first-order chi connectivity index (χ1) is 4.61. The maximum Gasteiger partial charge on any atom is -0.00461 e. The van der Waals surface area contributed by atoms with Crippen LogP contribution in [0.1, 0.15) is 33.6 Å². The van der Waals surface area contributed by atoms with Crippen molar-refractivity contribution in [1.82, 2.24) is 5.32 Å². The minimum Gasteiger partial charge on any atom is -0.317 e. The van der Waals surface area contributed by atoms with Gasteiger partial charge in [-0.15, -0.1) is 0 Å². The first-order valence-electron chi connectivity index (χ1n) is 4.31. The lowest BCUT2D eigenvalue weighted by Gasteiger charge is -2.34. The molecule has 1 rings (SSSR count). The Morgan fingerprint density at radius 1 is 1.10 bits per heavy atom. The van der Waals surface area contributed by atoms with Crippen LogP contribution in [0.15, 0.2) is 0 Å². The SMILES string of the molecule is CC(C)(C)C1CCNCC1. The number of rotatable bonds is 0. The average molecular weight is 141 g/mol. The van der Waals surface area contributed by atoms with E-state index >= 15 is 0 Å². The van der Waals surface area contributed by atoms with Crippen molar-refractivity contribution in [1.29, 1.82) is 0 Å². The average Bonchev–Trinajstić information content (AvgIpc) is 1.88. The molecule has 1 N–H and O–H groups in total. The number of hydrogen-bond donors (Lipinski definition) is 1. The molecule has 0 atom stereocenters. The largest absolute Gasteiger partial charge is 0.317 e. The van der Waals surface area contributed by atoms with E-state index in [2.05, 4.69) is 26.1 Å². The summed E-state index contributed by atoms with van der Waals surface area (Å²) in [4.78, 5) is 0. The molecule has 0 amide bonds. The van der Waals surface area contributed by atoms with Crippen molar-refractivity contribution in [3.05, 3.63) is 0 Å². The summed E-state index contributed by atoms with van der Waals surface area (Å²) in [7, 11) is 0. The molecule has 1 aliphatic heterocycles. The van der Waals surface area contributed by atoms with E-state index in [1.807, 2.05) is 0 Å². The third-order valence-corrected chi connectivity index (χ3v) is 2.56. The van der Waals surface area contributed by atoms with Crippen LogP contribution in [0.2, 0.25) is 0 Å². The Morgan fingerprint density at radius 2 is 1.60 bits per heavy atom. The number of piperidine rings is 1. The van der Waals surface area contributed by atoms with E-state index in [0.29, 0.717) is 5.41 Å². The van der Waals surface area contributed by atoms with Gasteiger partial charge in [-0.1, -0.05) is 20.8 Å². The smallest absolute Gasteiger partial charge is 0.00461 e. The van der Waals surface area contributed by atoms with Crippen LogP contribution in [0, 0.1) is 11.3 Å². The van der Waals surface area contributed by atoms with Crippen LogP contribution in [-0.2, 0) is 0 Å². The molecule has 1 heterocycles. The topological polar surface area (TPSA) is 12.0 Å². The minimum atomic E-state index is 0.530. The molecule has 1 fully saturated rings. The second-order valence-electron chi connectivity index (χ2n) is 4.39. The van der Waals surface area contributed by atoms with Gasteiger partial charge < -0.3 is 5.32 Å². The van der Waals surface area contributed by atoms with Crippen LogP contribution in [-0.4, -0.2) is 13.1 Å².